The number of benzene rings is 1. The summed E-state index contributed by atoms with van der Waals surface area (Å²) < 4.78 is 23.9. The third-order valence-electron chi connectivity index (χ3n) is 3.18. The number of nitrogens with zero attached hydrogens (tertiary/aromatic N) is 1. The predicted molar refractivity (Wildman–Crippen MR) is 81.5 cm³/mol. The largest absolute Gasteiger partial charge is 0.377 e. The predicted octanol–water partition coefficient (Wildman–Crippen LogP) is 1.21. The average Bonchev–Trinajstić information content (AvgIpc) is 2.42. The first-order chi connectivity index (χ1) is 9.77. The van der Waals surface area contributed by atoms with Gasteiger partial charge < -0.3 is 9.88 Å². The Morgan fingerprint density at radius 2 is 1.76 bits per heavy atom. The van der Waals surface area contributed by atoms with Gasteiger partial charge in [-0.15, -0.1) is 0 Å². The van der Waals surface area contributed by atoms with Crippen LogP contribution in [0.3, 0.4) is 0 Å². The Morgan fingerprint density at radius 3 is 2.29 bits per heavy atom. The summed E-state index contributed by atoms with van der Waals surface area (Å²) in [6, 6.07) is 9.51. The van der Waals surface area contributed by atoms with Crippen molar-refractivity contribution in [1.29, 1.82) is 0 Å². The number of sulfonamides is 1. The molecule has 6 nitrogen and oxygen atoms in total. The quantitative estimate of drug-likeness (QED) is 0.887. The zero-order valence-corrected chi connectivity index (χ0v) is 12.6. The fourth-order valence-electron chi connectivity index (χ4n) is 1.96. The summed E-state index contributed by atoms with van der Waals surface area (Å²) in [4.78, 5) is 11.4. The molecule has 21 heavy (non-hydrogen) atoms. The van der Waals surface area contributed by atoms with Gasteiger partial charge >= 0.3 is 0 Å². The van der Waals surface area contributed by atoms with E-state index in [4.69, 9.17) is 5.14 Å². The van der Waals surface area contributed by atoms with Crippen molar-refractivity contribution in [3.8, 4) is 0 Å². The van der Waals surface area contributed by atoms with E-state index in [1.54, 1.807) is 31.4 Å². The molecule has 0 saturated carbocycles. The van der Waals surface area contributed by atoms with Gasteiger partial charge in [0.05, 0.1) is 10.6 Å². The van der Waals surface area contributed by atoms with Crippen LogP contribution in [0, 0.1) is 0 Å². The number of hydrogen-bond donors (Lipinski definition) is 2. The Bertz CT molecular complexity index is 795. The zero-order chi connectivity index (χ0) is 15.6. The number of nitrogens with two attached hydrogens (primary N) is 1. The van der Waals surface area contributed by atoms with Gasteiger partial charge in [0, 0.05) is 25.4 Å². The van der Waals surface area contributed by atoms with Crippen LogP contribution in [0.5, 0.6) is 0 Å². The number of nitrogens with one attached hydrogen (secondary N) is 1. The van der Waals surface area contributed by atoms with Crippen LogP contribution >= 0.6 is 0 Å². The fraction of sp³-hybridized carbons (Fsp3) is 0.214. The van der Waals surface area contributed by atoms with Gasteiger partial charge in [0.15, 0.2) is 0 Å². The van der Waals surface area contributed by atoms with Crippen LogP contribution < -0.4 is 16.0 Å². The van der Waals surface area contributed by atoms with E-state index < -0.39 is 10.0 Å². The lowest BCUT2D eigenvalue weighted by Gasteiger charge is -2.16. The monoisotopic (exact) mass is 307 g/mol. The minimum atomic E-state index is -3.67. The van der Waals surface area contributed by atoms with Crippen LogP contribution in [0.2, 0.25) is 0 Å². The van der Waals surface area contributed by atoms with Gasteiger partial charge in [0.1, 0.15) is 0 Å². The molecule has 0 amide bonds. The average molecular weight is 307 g/mol. The fourth-order valence-corrected chi connectivity index (χ4v) is 2.47. The highest BCUT2D eigenvalue weighted by molar-refractivity contribution is 7.89. The van der Waals surface area contributed by atoms with E-state index in [2.05, 4.69) is 5.32 Å². The van der Waals surface area contributed by atoms with Crippen LogP contribution in [0.15, 0.2) is 52.3 Å². The van der Waals surface area contributed by atoms with Crippen molar-refractivity contribution in [3.05, 3.63) is 58.5 Å². The Morgan fingerprint density at radius 1 is 1.14 bits per heavy atom. The van der Waals surface area contributed by atoms with E-state index in [1.165, 1.54) is 22.8 Å². The molecule has 0 fully saturated rings. The van der Waals surface area contributed by atoms with E-state index in [0.717, 1.165) is 11.3 Å². The molecule has 0 aliphatic heterocycles. The van der Waals surface area contributed by atoms with Gasteiger partial charge in [-0.3, -0.25) is 4.79 Å². The standard InChI is InChI=1S/C14H17N3O3S/c1-10(16-12-5-8-14(18)17(2)9-12)11-3-6-13(7-4-11)21(15,19)20/h3-10,16H,1-2H3,(H2,15,19,20). The summed E-state index contributed by atoms with van der Waals surface area (Å²) in [5.41, 5.74) is 1.64. The first kappa shape index (κ1) is 15.3. The van der Waals surface area contributed by atoms with Gasteiger partial charge in [0.25, 0.3) is 0 Å². The summed E-state index contributed by atoms with van der Waals surface area (Å²) in [5, 5.41) is 8.31. The van der Waals surface area contributed by atoms with Crippen LogP contribution in [-0.2, 0) is 17.1 Å². The summed E-state index contributed by atoms with van der Waals surface area (Å²) in [6.07, 6.45) is 1.71. The Labute approximate surface area is 123 Å². The van der Waals surface area contributed by atoms with Crippen LogP contribution in [-0.4, -0.2) is 13.0 Å². The molecule has 1 heterocycles. The number of rotatable bonds is 4. The van der Waals surface area contributed by atoms with Crippen molar-refractivity contribution >= 4 is 15.7 Å². The first-order valence-corrected chi connectivity index (χ1v) is 7.88. The van der Waals surface area contributed by atoms with E-state index in [1.807, 2.05) is 6.92 Å². The van der Waals surface area contributed by atoms with Crippen molar-refractivity contribution in [3.63, 3.8) is 0 Å². The van der Waals surface area contributed by atoms with Gasteiger partial charge in [-0.05, 0) is 30.7 Å². The molecule has 0 aliphatic rings. The Balaban J connectivity index is 2.18. The maximum atomic E-state index is 11.3. The SMILES string of the molecule is CC(Nc1ccc(=O)n(C)c1)c1ccc(S(N)(=O)=O)cc1. The minimum Gasteiger partial charge on any atom is -0.377 e. The van der Waals surface area contributed by atoms with E-state index >= 15 is 0 Å². The summed E-state index contributed by atoms with van der Waals surface area (Å²) in [6.45, 7) is 1.94. The second kappa shape index (κ2) is 5.71. The van der Waals surface area contributed by atoms with Crippen LogP contribution in [0.25, 0.3) is 0 Å². The molecule has 0 saturated heterocycles. The smallest absolute Gasteiger partial charge is 0.250 e. The highest BCUT2D eigenvalue weighted by Crippen LogP contribution is 2.19. The summed E-state index contributed by atoms with van der Waals surface area (Å²) in [5.74, 6) is 0. The maximum absolute atomic E-state index is 11.3. The number of aromatic nitrogens is 1. The second-order valence-electron chi connectivity index (χ2n) is 4.85. The number of anilines is 1. The number of hydrogen-bond acceptors (Lipinski definition) is 4. The van der Waals surface area contributed by atoms with Crippen molar-refractivity contribution in [1.82, 2.24) is 4.57 Å². The molecule has 1 unspecified atom stereocenters. The lowest BCUT2D eigenvalue weighted by Crippen LogP contribution is -2.16. The van der Waals surface area contributed by atoms with Crippen molar-refractivity contribution in [2.75, 3.05) is 5.32 Å². The van der Waals surface area contributed by atoms with Crippen molar-refractivity contribution in [2.45, 2.75) is 17.9 Å². The highest BCUT2D eigenvalue weighted by atomic mass is 32.2. The molecule has 2 aromatic rings. The second-order valence-corrected chi connectivity index (χ2v) is 6.41. The lowest BCUT2D eigenvalue weighted by molar-refractivity contribution is 0.597. The highest BCUT2D eigenvalue weighted by Gasteiger charge is 2.10. The molecular formula is C14H17N3O3S. The molecule has 1 atom stereocenters. The van der Waals surface area contributed by atoms with Crippen molar-refractivity contribution in [2.24, 2.45) is 12.2 Å². The molecule has 1 aromatic carbocycles. The first-order valence-electron chi connectivity index (χ1n) is 6.33. The molecule has 1 aromatic heterocycles. The molecule has 0 radical (unpaired) electrons. The van der Waals surface area contributed by atoms with Gasteiger partial charge in [-0.2, -0.15) is 0 Å². The van der Waals surface area contributed by atoms with E-state index in [0.29, 0.717) is 0 Å². The van der Waals surface area contributed by atoms with Gasteiger partial charge in [0.2, 0.25) is 15.6 Å². The minimum absolute atomic E-state index is 0.0444. The van der Waals surface area contributed by atoms with Crippen LogP contribution in [0.1, 0.15) is 18.5 Å². The lowest BCUT2D eigenvalue weighted by atomic mass is 10.1. The molecular weight excluding hydrogens is 290 g/mol. The Hall–Kier alpha value is -2.12. The topological polar surface area (TPSA) is 94.2 Å². The van der Waals surface area contributed by atoms with Crippen molar-refractivity contribution < 1.29 is 8.42 Å². The molecule has 0 aliphatic carbocycles. The third kappa shape index (κ3) is 3.71. The molecule has 0 bridgehead atoms. The molecule has 7 heteroatoms. The molecule has 3 N–H and O–H groups in total. The van der Waals surface area contributed by atoms with E-state index in [-0.39, 0.29) is 16.5 Å². The molecule has 2 rings (SSSR count). The van der Waals surface area contributed by atoms with Gasteiger partial charge in [-0.25, -0.2) is 13.6 Å². The summed E-state index contributed by atoms with van der Waals surface area (Å²) >= 11 is 0. The number of aryl methyl sites for hydroxylation is 1. The van der Waals surface area contributed by atoms with Gasteiger partial charge in [-0.1, -0.05) is 12.1 Å². The Kier molecular flexibility index (Phi) is 4.15. The molecule has 0 spiro atoms. The van der Waals surface area contributed by atoms with Crippen LogP contribution in [0.4, 0.5) is 5.69 Å². The molecule has 112 valence electrons. The third-order valence-corrected chi connectivity index (χ3v) is 4.11. The summed E-state index contributed by atoms with van der Waals surface area (Å²) in [7, 11) is -1.99. The number of primary sulfonamides is 1. The zero-order valence-electron chi connectivity index (χ0n) is 11.8. The normalized spacial score (nSPS) is 12.9. The number of pyridine rings is 1. The maximum Gasteiger partial charge on any atom is 0.250 e. The van der Waals surface area contributed by atoms with E-state index in [9.17, 15) is 13.2 Å².